The van der Waals surface area contributed by atoms with Crippen molar-refractivity contribution in [3.8, 4) is 0 Å². The number of rotatable bonds is 9. The molecule has 20 heavy (non-hydrogen) atoms. The van der Waals surface area contributed by atoms with E-state index in [1.54, 1.807) is 0 Å². The SMILES string of the molecule is CCCNCc1sc(N(CC)CC2CC2)nc1C1CC1. The van der Waals surface area contributed by atoms with Gasteiger partial charge in [-0.3, -0.25) is 0 Å². The van der Waals surface area contributed by atoms with Crippen LogP contribution < -0.4 is 10.2 Å². The molecule has 0 aliphatic heterocycles. The monoisotopic (exact) mass is 293 g/mol. The summed E-state index contributed by atoms with van der Waals surface area (Å²) in [5, 5.41) is 4.82. The molecule has 1 aromatic heterocycles. The second-order valence-electron chi connectivity index (χ2n) is 6.24. The van der Waals surface area contributed by atoms with Crippen LogP contribution >= 0.6 is 11.3 Å². The van der Waals surface area contributed by atoms with E-state index in [0.717, 1.165) is 31.5 Å². The molecule has 2 aliphatic rings. The summed E-state index contributed by atoms with van der Waals surface area (Å²) in [4.78, 5) is 9.00. The Balaban J connectivity index is 1.70. The summed E-state index contributed by atoms with van der Waals surface area (Å²) in [5.74, 6) is 1.70. The summed E-state index contributed by atoms with van der Waals surface area (Å²) < 4.78 is 0. The molecule has 0 atom stereocenters. The Labute approximate surface area is 126 Å². The maximum atomic E-state index is 5.01. The van der Waals surface area contributed by atoms with Gasteiger partial charge in [0.1, 0.15) is 0 Å². The van der Waals surface area contributed by atoms with Crippen LogP contribution in [0.5, 0.6) is 0 Å². The van der Waals surface area contributed by atoms with Crippen LogP contribution in [0.1, 0.15) is 62.4 Å². The molecular weight excluding hydrogens is 266 g/mol. The number of anilines is 1. The Hall–Kier alpha value is -0.610. The highest BCUT2D eigenvalue weighted by atomic mass is 32.1. The smallest absolute Gasteiger partial charge is 0.185 e. The maximum absolute atomic E-state index is 5.01. The summed E-state index contributed by atoms with van der Waals surface area (Å²) >= 11 is 1.93. The molecule has 0 spiro atoms. The highest BCUT2D eigenvalue weighted by Gasteiger charge is 2.31. The molecule has 0 amide bonds. The van der Waals surface area contributed by atoms with Crippen LogP contribution in [0.2, 0.25) is 0 Å². The minimum Gasteiger partial charge on any atom is -0.348 e. The summed E-state index contributed by atoms with van der Waals surface area (Å²) in [6.07, 6.45) is 6.73. The lowest BCUT2D eigenvalue weighted by atomic mass is 10.2. The highest BCUT2D eigenvalue weighted by molar-refractivity contribution is 7.15. The molecule has 1 aromatic rings. The van der Waals surface area contributed by atoms with Crippen molar-refractivity contribution in [3.05, 3.63) is 10.6 Å². The van der Waals surface area contributed by atoms with E-state index in [9.17, 15) is 0 Å². The molecular formula is C16H27N3S. The van der Waals surface area contributed by atoms with Crippen molar-refractivity contribution in [2.45, 2.75) is 58.4 Å². The first kappa shape index (κ1) is 14.3. The summed E-state index contributed by atoms with van der Waals surface area (Å²) in [6, 6.07) is 0. The minimum atomic E-state index is 0.762. The molecule has 2 fully saturated rings. The van der Waals surface area contributed by atoms with Crippen molar-refractivity contribution in [2.75, 3.05) is 24.5 Å². The average molecular weight is 293 g/mol. The number of hydrogen-bond donors (Lipinski definition) is 1. The molecule has 4 heteroatoms. The van der Waals surface area contributed by atoms with E-state index < -0.39 is 0 Å². The Kier molecular flexibility index (Phi) is 4.61. The van der Waals surface area contributed by atoms with Gasteiger partial charge in [0.25, 0.3) is 0 Å². The Morgan fingerprint density at radius 1 is 1.25 bits per heavy atom. The van der Waals surface area contributed by atoms with E-state index in [-0.39, 0.29) is 0 Å². The van der Waals surface area contributed by atoms with E-state index in [4.69, 9.17) is 4.98 Å². The van der Waals surface area contributed by atoms with Gasteiger partial charge in [0.2, 0.25) is 0 Å². The first-order valence-corrected chi connectivity index (χ1v) is 9.08. The van der Waals surface area contributed by atoms with Gasteiger partial charge >= 0.3 is 0 Å². The van der Waals surface area contributed by atoms with Crippen molar-refractivity contribution in [1.29, 1.82) is 0 Å². The predicted molar refractivity (Wildman–Crippen MR) is 86.7 cm³/mol. The summed E-state index contributed by atoms with van der Waals surface area (Å²) in [7, 11) is 0. The molecule has 3 nitrogen and oxygen atoms in total. The number of nitrogens with zero attached hydrogens (tertiary/aromatic N) is 2. The Morgan fingerprint density at radius 3 is 2.65 bits per heavy atom. The number of thiazole rings is 1. The number of nitrogens with one attached hydrogen (secondary N) is 1. The van der Waals surface area contributed by atoms with Gasteiger partial charge in [-0.15, -0.1) is 11.3 Å². The van der Waals surface area contributed by atoms with Gasteiger partial charge in [0.15, 0.2) is 5.13 Å². The van der Waals surface area contributed by atoms with Crippen LogP contribution in [0.3, 0.4) is 0 Å². The Bertz CT molecular complexity index is 435. The first-order chi connectivity index (χ1) is 9.81. The lowest BCUT2D eigenvalue weighted by Crippen LogP contribution is -2.24. The van der Waals surface area contributed by atoms with Gasteiger partial charge in [-0.1, -0.05) is 6.92 Å². The number of aromatic nitrogens is 1. The van der Waals surface area contributed by atoms with Gasteiger partial charge in [0.05, 0.1) is 5.69 Å². The van der Waals surface area contributed by atoms with E-state index in [1.165, 1.54) is 54.4 Å². The zero-order valence-electron chi connectivity index (χ0n) is 12.8. The molecule has 1 heterocycles. The third-order valence-electron chi connectivity index (χ3n) is 4.22. The van der Waals surface area contributed by atoms with E-state index >= 15 is 0 Å². The quantitative estimate of drug-likeness (QED) is 0.703. The fourth-order valence-corrected chi connectivity index (χ4v) is 3.81. The summed E-state index contributed by atoms with van der Waals surface area (Å²) in [5.41, 5.74) is 1.41. The second kappa shape index (κ2) is 6.44. The topological polar surface area (TPSA) is 28.2 Å². The molecule has 2 saturated carbocycles. The van der Waals surface area contributed by atoms with Gasteiger partial charge in [-0.2, -0.15) is 0 Å². The molecule has 0 unspecified atom stereocenters. The molecule has 0 aromatic carbocycles. The number of hydrogen-bond acceptors (Lipinski definition) is 4. The van der Waals surface area contributed by atoms with Crippen molar-refractivity contribution < 1.29 is 0 Å². The molecule has 112 valence electrons. The van der Waals surface area contributed by atoms with Gasteiger partial charge in [-0.25, -0.2) is 4.98 Å². The third kappa shape index (κ3) is 3.53. The van der Waals surface area contributed by atoms with Gasteiger partial charge in [-0.05, 0) is 51.5 Å². The molecule has 2 aliphatic carbocycles. The van der Waals surface area contributed by atoms with Crippen molar-refractivity contribution in [3.63, 3.8) is 0 Å². The zero-order chi connectivity index (χ0) is 13.9. The largest absolute Gasteiger partial charge is 0.348 e. The average Bonchev–Trinajstić information content (AvgIpc) is 3.37. The second-order valence-corrected chi connectivity index (χ2v) is 7.30. The molecule has 1 N–H and O–H groups in total. The van der Waals surface area contributed by atoms with Crippen LogP contribution in [-0.2, 0) is 6.54 Å². The van der Waals surface area contributed by atoms with Crippen molar-refractivity contribution in [1.82, 2.24) is 10.3 Å². The highest BCUT2D eigenvalue weighted by Crippen LogP contribution is 2.44. The fraction of sp³-hybridized carbons (Fsp3) is 0.812. The van der Waals surface area contributed by atoms with E-state index in [2.05, 4.69) is 24.1 Å². The Morgan fingerprint density at radius 2 is 2.05 bits per heavy atom. The zero-order valence-corrected chi connectivity index (χ0v) is 13.6. The van der Waals surface area contributed by atoms with Crippen molar-refractivity contribution in [2.24, 2.45) is 5.92 Å². The van der Waals surface area contributed by atoms with Crippen LogP contribution in [0.15, 0.2) is 0 Å². The lowest BCUT2D eigenvalue weighted by molar-refractivity contribution is 0.676. The van der Waals surface area contributed by atoms with Crippen LogP contribution in [0.25, 0.3) is 0 Å². The minimum absolute atomic E-state index is 0.762. The fourth-order valence-electron chi connectivity index (χ4n) is 2.62. The van der Waals surface area contributed by atoms with E-state index in [0.29, 0.717) is 0 Å². The van der Waals surface area contributed by atoms with Crippen LogP contribution in [0.4, 0.5) is 5.13 Å². The van der Waals surface area contributed by atoms with Crippen LogP contribution in [-0.4, -0.2) is 24.6 Å². The van der Waals surface area contributed by atoms with Crippen LogP contribution in [0, 0.1) is 5.92 Å². The van der Waals surface area contributed by atoms with Gasteiger partial charge in [0, 0.05) is 30.4 Å². The lowest BCUT2D eigenvalue weighted by Gasteiger charge is -2.19. The molecule has 0 saturated heterocycles. The molecule has 0 bridgehead atoms. The predicted octanol–water partition coefficient (Wildman–Crippen LogP) is 3.76. The maximum Gasteiger partial charge on any atom is 0.185 e. The van der Waals surface area contributed by atoms with Crippen molar-refractivity contribution >= 4 is 16.5 Å². The standard InChI is InChI=1S/C16H27N3S/c1-3-9-17-10-14-15(13-7-8-13)18-16(20-14)19(4-2)11-12-5-6-12/h12-13,17H,3-11H2,1-2H3. The van der Waals surface area contributed by atoms with E-state index in [1.807, 2.05) is 11.3 Å². The van der Waals surface area contributed by atoms with Gasteiger partial charge < -0.3 is 10.2 Å². The first-order valence-electron chi connectivity index (χ1n) is 8.27. The third-order valence-corrected chi connectivity index (χ3v) is 5.35. The molecule has 3 rings (SSSR count). The summed E-state index contributed by atoms with van der Waals surface area (Å²) in [6.45, 7) is 8.91. The normalized spacial score (nSPS) is 18.5. The molecule has 0 radical (unpaired) electrons.